The minimum absolute atomic E-state index is 0.0384. The molecule has 2 aromatic carbocycles. The van der Waals surface area contributed by atoms with E-state index in [9.17, 15) is 9.59 Å². The summed E-state index contributed by atoms with van der Waals surface area (Å²) in [5.41, 5.74) is 5.24. The number of aromatic nitrogens is 2. The lowest BCUT2D eigenvalue weighted by Crippen LogP contribution is -2.31. The molecule has 174 valence electrons. The van der Waals surface area contributed by atoms with Crippen molar-refractivity contribution in [3.63, 3.8) is 0 Å². The topological polar surface area (TPSA) is 67.2 Å². The van der Waals surface area contributed by atoms with Crippen molar-refractivity contribution in [3.8, 4) is 0 Å². The highest BCUT2D eigenvalue weighted by Crippen LogP contribution is 2.24. The molecule has 1 atom stereocenters. The number of hydrogen-bond donors (Lipinski definition) is 1. The van der Waals surface area contributed by atoms with Gasteiger partial charge in [0.25, 0.3) is 5.91 Å². The molecule has 3 rings (SSSR count). The molecule has 6 nitrogen and oxygen atoms in total. The van der Waals surface area contributed by atoms with E-state index in [1.54, 1.807) is 17.0 Å². The number of hydrogen-bond acceptors (Lipinski definition) is 3. The molecule has 0 spiro atoms. The van der Waals surface area contributed by atoms with Crippen LogP contribution in [0.5, 0.6) is 0 Å². The number of amides is 2. The van der Waals surface area contributed by atoms with E-state index in [0.29, 0.717) is 23.6 Å². The summed E-state index contributed by atoms with van der Waals surface area (Å²) in [5.74, 6) is 0.370. The predicted octanol–water partition coefficient (Wildman–Crippen LogP) is 5.17. The lowest BCUT2D eigenvalue weighted by atomic mass is 10.0. The first-order valence-corrected chi connectivity index (χ1v) is 11.4. The minimum Gasteiger partial charge on any atom is -0.339 e. The van der Waals surface area contributed by atoms with E-state index in [2.05, 4.69) is 24.3 Å². The summed E-state index contributed by atoms with van der Waals surface area (Å²) in [7, 11) is 1.82. The number of carbonyl (C=O) groups excluding carboxylic acids is 2. The molecule has 1 aromatic heterocycles. The number of benzene rings is 2. The summed E-state index contributed by atoms with van der Waals surface area (Å²) < 4.78 is 2.00. The molecule has 0 saturated heterocycles. The van der Waals surface area contributed by atoms with Crippen molar-refractivity contribution in [3.05, 3.63) is 82.7 Å². The molecule has 1 N–H and O–H groups in total. The average Bonchev–Trinajstić information content (AvgIpc) is 3.05. The standard InChI is InChI=1S/C27H34N4O2/c1-18(2)17-31-21(5)25(19(3)29-31)16-26(32)30(6)20(4)23-13-10-14-24(15-23)28-27(33)22-11-8-7-9-12-22/h7-15,18,20H,16-17H2,1-6H3,(H,28,33)/t20-/m1/s1. The van der Waals surface area contributed by atoms with E-state index >= 15 is 0 Å². The summed E-state index contributed by atoms with van der Waals surface area (Å²) in [4.78, 5) is 27.4. The summed E-state index contributed by atoms with van der Waals surface area (Å²) in [6.07, 6.45) is 0.320. The Balaban J connectivity index is 1.70. The third-order valence-electron chi connectivity index (χ3n) is 6.03. The van der Waals surface area contributed by atoms with Gasteiger partial charge >= 0.3 is 0 Å². The Morgan fingerprint density at radius 3 is 2.39 bits per heavy atom. The van der Waals surface area contributed by atoms with Gasteiger partial charge in [-0.1, -0.05) is 44.2 Å². The van der Waals surface area contributed by atoms with Crippen LogP contribution in [0.2, 0.25) is 0 Å². The third kappa shape index (κ3) is 5.89. The molecule has 0 unspecified atom stereocenters. The van der Waals surface area contributed by atoms with Gasteiger partial charge < -0.3 is 10.2 Å². The fraction of sp³-hybridized carbons (Fsp3) is 0.370. The maximum absolute atomic E-state index is 13.1. The third-order valence-corrected chi connectivity index (χ3v) is 6.03. The first kappa shape index (κ1) is 24.2. The zero-order chi connectivity index (χ0) is 24.1. The quantitative estimate of drug-likeness (QED) is 0.519. The lowest BCUT2D eigenvalue weighted by molar-refractivity contribution is -0.131. The number of nitrogens with one attached hydrogen (secondary N) is 1. The summed E-state index contributed by atoms with van der Waals surface area (Å²) in [6, 6.07) is 16.6. The molecular formula is C27H34N4O2. The molecule has 33 heavy (non-hydrogen) atoms. The van der Waals surface area contributed by atoms with Crippen molar-refractivity contribution >= 4 is 17.5 Å². The van der Waals surface area contributed by atoms with Crippen molar-refractivity contribution in [2.75, 3.05) is 12.4 Å². The van der Waals surface area contributed by atoms with Gasteiger partial charge in [0.1, 0.15) is 0 Å². The number of anilines is 1. The number of aryl methyl sites for hydroxylation is 1. The van der Waals surface area contributed by atoms with Crippen LogP contribution in [0.25, 0.3) is 0 Å². The molecule has 2 amide bonds. The van der Waals surface area contributed by atoms with Gasteiger partial charge in [0.2, 0.25) is 5.91 Å². The maximum atomic E-state index is 13.1. The van der Waals surface area contributed by atoms with Crippen LogP contribution in [0.3, 0.4) is 0 Å². The van der Waals surface area contributed by atoms with Crippen LogP contribution in [-0.4, -0.2) is 33.5 Å². The van der Waals surface area contributed by atoms with Gasteiger partial charge in [0, 0.05) is 36.1 Å². The van der Waals surface area contributed by atoms with Gasteiger partial charge in [-0.2, -0.15) is 5.10 Å². The smallest absolute Gasteiger partial charge is 0.255 e. The Kier molecular flexibility index (Phi) is 7.69. The van der Waals surface area contributed by atoms with Crippen molar-refractivity contribution in [1.29, 1.82) is 0 Å². The SMILES string of the molecule is Cc1nn(CC(C)C)c(C)c1CC(=O)N(C)[C@H](C)c1cccc(NC(=O)c2ccccc2)c1. The molecule has 0 saturated carbocycles. The van der Waals surface area contributed by atoms with E-state index < -0.39 is 0 Å². The van der Waals surface area contributed by atoms with Gasteiger partial charge in [0.05, 0.1) is 18.2 Å². The van der Waals surface area contributed by atoms with Gasteiger partial charge in [-0.05, 0) is 56.5 Å². The number of nitrogens with zero attached hydrogens (tertiary/aromatic N) is 3. The molecule has 0 radical (unpaired) electrons. The average molecular weight is 447 g/mol. The van der Waals surface area contributed by atoms with E-state index in [1.807, 2.05) is 75.0 Å². The summed E-state index contributed by atoms with van der Waals surface area (Å²) >= 11 is 0. The maximum Gasteiger partial charge on any atom is 0.255 e. The Hall–Kier alpha value is -3.41. The Labute approximate surface area is 196 Å². The monoisotopic (exact) mass is 446 g/mol. The van der Waals surface area contributed by atoms with Gasteiger partial charge in [-0.3, -0.25) is 14.3 Å². The van der Waals surface area contributed by atoms with Gasteiger partial charge in [-0.15, -0.1) is 0 Å². The molecule has 0 fully saturated rings. The molecule has 0 aliphatic heterocycles. The van der Waals surface area contributed by atoms with Crippen LogP contribution in [0.4, 0.5) is 5.69 Å². The zero-order valence-electron chi connectivity index (χ0n) is 20.4. The first-order valence-electron chi connectivity index (χ1n) is 11.4. The fourth-order valence-electron chi connectivity index (χ4n) is 3.90. The molecule has 0 aliphatic rings. The molecule has 6 heteroatoms. The van der Waals surface area contributed by atoms with Crippen LogP contribution < -0.4 is 5.32 Å². The van der Waals surface area contributed by atoms with Crippen molar-refractivity contribution in [1.82, 2.24) is 14.7 Å². The Morgan fingerprint density at radius 1 is 1.03 bits per heavy atom. The normalized spacial score (nSPS) is 12.0. The van der Waals surface area contributed by atoms with Crippen LogP contribution in [0, 0.1) is 19.8 Å². The fourth-order valence-corrected chi connectivity index (χ4v) is 3.90. The number of carbonyl (C=O) groups is 2. The van der Waals surface area contributed by atoms with Gasteiger partial charge in [0.15, 0.2) is 0 Å². The van der Waals surface area contributed by atoms with Crippen molar-refractivity contribution in [2.24, 2.45) is 5.92 Å². The van der Waals surface area contributed by atoms with E-state index in [0.717, 1.165) is 29.1 Å². The number of rotatable bonds is 8. The minimum atomic E-state index is -0.158. The second-order valence-corrected chi connectivity index (χ2v) is 9.03. The largest absolute Gasteiger partial charge is 0.339 e. The first-order chi connectivity index (χ1) is 15.7. The number of likely N-dealkylation sites (N-methyl/N-ethyl adjacent to an activating group) is 1. The Bertz CT molecular complexity index is 1120. The molecule has 0 aliphatic carbocycles. The molecular weight excluding hydrogens is 412 g/mol. The molecule has 3 aromatic rings. The lowest BCUT2D eigenvalue weighted by Gasteiger charge is -2.26. The second-order valence-electron chi connectivity index (χ2n) is 9.03. The van der Waals surface area contributed by atoms with Crippen molar-refractivity contribution < 1.29 is 9.59 Å². The highest BCUT2D eigenvalue weighted by molar-refractivity contribution is 6.04. The highest BCUT2D eigenvalue weighted by atomic mass is 16.2. The summed E-state index contributed by atoms with van der Waals surface area (Å²) in [6.45, 7) is 11.2. The Morgan fingerprint density at radius 2 is 1.73 bits per heavy atom. The van der Waals surface area contributed by atoms with Crippen LogP contribution in [0.1, 0.15) is 59.7 Å². The highest BCUT2D eigenvalue weighted by Gasteiger charge is 2.22. The molecule has 0 bridgehead atoms. The summed E-state index contributed by atoms with van der Waals surface area (Å²) in [5, 5.41) is 7.58. The molecule has 1 heterocycles. The van der Waals surface area contributed by atoms with Crippen LogP contribution >= 0.6 is 0 Å². The zero-order valence-corrected chi connectivity index (χ0v) is 20.4. The van der Waals surface area contributed by atoms with E-state index in [1.165, 1.54) is 0 Å². The van der Waals surface area contributed by atoms with E-state index in [4.69, 9.17) is 0 Å². The predicted molar refractivity (Wildman–Crippen MR) is 132 cm³/mol. The van der Waals surface area contributed by atoms with Crippen LogP contribution in [0.15, 0.2) is 54.6 Å². The van der Waals surface area contributed by atoms with Crippen molar-refractivity contribution in [2.45, 2.75) is 53.6 Å². The van der Waals surface area contributed by atoms with Crippen LogP contribution in [-0.2, 0) is 17.8 Å². The second kappa shape index (κ2) is 10.5. The van der Waals surface area contributed by atoms with Gasteiger partial charge in [-0.25, -0.2) is 0 Å². The van der Waals surface area contributed by atoms with E-state index in [-0.39, 0.29) is 17.9 Å².